The lowest BCUT2D eigenvalue weighted by Crippen LogP contribution is -2.37. The van der Waals surface area contributed by atoms with Crippen LogP contribution in [0, 0.1) is 5.41 Å². The number of allylic oxidation sites excluding steroid dienone is 1. The molecule has 3 atom stereocenters. The minimum atomic E-state index is -1.03. The summed E-state index contributed by atoms with van der Waals surface area (Å²) >= 11 is 0. The Balaban J connectivity index is 2.42. The Morgan fingerprint density at radius 3 is 2.81 bits per heavy atom. The Bertz CT molecular complexity index is 463. The molecule has 0 radical (unpaired) electrons. The predicted octanol–water partition coefficient (Wildman–Crippen LogP) is 0.995. The van der Waals surface area contributed by atoms with Gasteiger partial charge < -0.3 is 19.7 Å². The number of carbonyl (C=O) groups excluding carboxylic acids is 1. The van der Waals surface area contributed by atoms with E-state index >= 15 is 0 Å². The molecule has 0 spiro atoms. The number of ether oxygens (including phenoxy) is 2. The van der Waals surface area contributed by atoms with Crippen LogP contribution < -0.4 is 0 Å². The third-order valence-corrected chi connectivity index (χ3v) is 4.27. The number of ketones is 1. The molecular weight excluding hydrogens is 272 g/mol. The second kappa shape index (κ2) is 6.40. The van der Waals surface area contributed by atoms with Crippen molar-refractivity contribution in [2.75, 3.05) is 20.3 Å². The smallest absolute Gasteiger partial charge is 0.167 e. The van der Waals surface area contributed by atoms with Crippen LogP contribution in [0.5, 0.6) is 0 Å². The van der Waals surface area contributed by atoms with Gasteiger partial charge >= 0.3 is 0 Å². The Kier molecular flexibility index (Phi) is 4.99. The normalized spacial score (nSPS) is 33.2. The van der Waals surface area contributed by atoms with Gasteiger partial charge in [-0.3, -0.25) is 4.79 Å². The van der Waals surface area contributed by atoms with Crippen LogP contribution in [0.3, 0.4) is 0 Å². The quantitative estimate of drug-likeness (QED) is 0.743. The van der Waals surface area contributed by atoms with E-state index in [2.05, 4.69) is 0 Å². The highest BCUT2D eigenvalue weighted by atomic mass is 16.5. The van der Waals surface area contributed by atoms with E-state index < -0.39 is 11.5 Å². The fraction of sp³-hybridized carbons (Fsp3) is 0.688. The molecule has 2 aliphatic heterocycles. The van der Waals surface area contributed by atoms with Crippen molar-refractivity contribution in [1.29, 1.82) is 0 Å². The first-order valence-corrected chi connectivity index (χ1v) is 7.25. The summed E-state index contributed by atoms with van der Waals surface area (Å²) in [5, 5.41) is 19.8. The number of hydrogen-bond acceptors (Lipinski definition) is 5. The maximum Gasteiger partial charge on any atom is 0.167 e. The van der Waals surface area contributed by atoms with Gasteiger partial charge in [0.2, 0.25) is 0 Å². The van der Waals surface area contributed by atoms with E-state index in [9.17, 15) is 15.0 Å². The van der Waals surface area contributed by atoms with Crippen LogP contribution in [0.2, 0.25) is 0 Å². The van der Waals surface area contributed by atoms with Crippen LogP contribution in [0.15, 0.2) is 23.3 Å². The van der Waals surface area contributed by atoms with Crippen LogP contribution in [0.4, 0.5) is 0 Å². The van der Waals surface area contributed by atoms with E-state index in [4.69, 9.17) is 9.47 Å². The molecule has 0 aromatic rings. The molecule has 2 bridgehead atoms. The summed E-state index contributed by atoms with van der Waals surface area (Å²) in [7, 11) is 1.58. The third kappa shape index (κ3) is 3.43. The molecule has 2 heterocycles. The minimum absolute atomic E-state index is 0.138. The van der Waals surface area contributed by atoms with Crippen molar-refractivity contribution < 1.29 is 24.5 Å². The zero-order valence-electron chi connectivity index (χ0n) is 12.8. The van der Waals surface area contributed by atoms with E-state index in [-0.39, 0.29) is 31.0 Å². The molecule has 0 fully saturated rings. The Morgan fingerprint density at radius 2 is 2.19 bits per heavy atom. The molecule has 5 nitrogen and oxygen atoms in total. The molecule has 0 saturated heterocycles. The molecule has 0 aromatic heterocycles. The highest BCUT2D eigenvalue weighted by Gasteiger charge is 2.36. The monoisotopic (exact) mass is 296 g/mol. The van der Waals surface area contributed by atoms with Crippen LogP contribution in [0.25, 0.3) is 0 Å². The van der Waals surface area contributed by atoms with Gasteiger partial charge in [-0.2, -0.15) is 0 Å². The molecule has 118 valence electrons. The molecule has 0 amide bonds. The first kappa shape index (κ1) is 16.4. The number of methoxy groups -OCH3 is 1. The number of rotatable bonds is 2. The number of fused-ring (bicyclic) bond motifs is 7. The van der Waals surface area contributed by atoms with Crippen LogP contribution in [0.1, 0.15) is 26.7 Å². The molecule has 0 saturated carbocycles. The molecule has 21 heavy (non-hydrogen) atoms. The average Bonchev–Trinajstić information content (AvgIpc) is 2.48. The number of carbonyl (C=O) groups is 1. The highest BCUT2D eigenvalue weighted by molar-refractivity contribution is 5.88. The van der Waals surface area contributed by atoms with Gasteiger partial charge in [-0.1, -0.05) is 26.0 Å². The van der Waals surface area contributed by atoms with Crippen molar-refractivity contribution in [2.45, 2.75) is 45.0 Å². The molecule has 1 aliphatic carbocycles. The zero-order valence-corrected chi connectivity index (χ0v) is 12.8. The van der Waals surface area contributed by atoms with Gasteiger partial charge in [0.15, 0.2) is 5.78 Å². The van der Waals surface area contributed by atoms with E-state index in [0.29, 0.717) is 13.0 Å². The lowest BCUT2D eigenvalue weighted by Gasteiger charge is -2.31. The maximum atomic E-state index is 12.4. The molecule has 3 rings (SSSR count). The van der Waals surface area contributed by atoms with Crippen molar-refractivity contribution in [1.82, 2.24) is 0 Å². The van der Waals surface area contributed by atoms with Crippen LogP contribution in [-0.4, -0.2) is 54.6 Å². The van der Waals surface area contributed by atoms with Crippen LogP contribution in [-0.2, 0) is 14.3 Å². The molecule has 3 aliphatic rings. The van der Waals surface area contributed by atoms with Gasteiger partial charge in [-0.15, -0.1) is 0 Å². The largest absolute Gasteiger partial charge is 0.392 e. The van der Waals surface area contributed by atoms with Gasteiger partial charge in [-0.25, -0.2) is 0 Å². The Hall–Kier alpha value is -1.01. The second-order valence-electron chi connectivity index (χ2n) is 6.37. The minimum Gasteiger partial charge on any atom is -0.392 e. The van der Waals surface area contributed by atoms with E-state index in [1.54, 1.807) is 7.11 Å². The summed E-state index contributed by atoms with van der Waals surface area (Å²) < 4.78 is 11.2. The number of aliphatic hydroxyl groups is 2. The van der Waals surface area contributed by atoms with Crippen LogP contribution >= 0.6 is 0 Å². The van der Waals surface area contributed by atoms with E-state index in [1.165, 1.54) is 0 Å². The number of hydrogen-bond donors (Lipinski definition) is 2. The highest BCUT2D eigenvalue weighted by Crippen LogP contribution is 2.31. The van der Waals surface area contributed by atoms with E-state index in [1.807, 2.05) is 26.0 Å². The number of Topliss-reactive ketones (excluding diaryl/α,β-unsaturated/α-hetero) is 1. The Morgan fingerprint density at radius 1 is 1.48 bits per heavy atom. The summed E-state index contributed by atoms with van der Waals surface area (Å²) in [6, 6.07) is 0. The number of aliphatic hydroxyl groups excluding tert-OH is 2. The summed E-state index contributed by atoms with van der Waals surface area (Å²) in [4.78, 5) is 12.4. The molecule has 2 N–H and O–H groups in total. The van der Waals surface area contributed by atoms with Gasteiger partial charge in [0.05, 0.1) is 13.2 Å². The zero-order chi connectivity index (χ0) is 15.6. The fourth-order valence-corrected chi connectivity index (χ4v) is 2.85. The topological polar surface area (TPSA) is 76.0 Å². The van der Waals surface area contributed by atoms with Crippen molar-refractivity contribution in [3.05, 3.63) is 23.3 Å². The standard InChI is InChI=1S/C16H24O5/c1-16(2)5-4-11(8-17)14-13(20-3)7-10(9-21-14)6-12(18)15(16)19/h4,7,12-14,17-18H,5-6,8-9H2,1-3H3. The second-order valence-corrected chi connectivity index (χ2v) is 6.37. The lowest BCUT2D eigenvalue weighted by atomic mass is 9.80. The van der Waals surface area contributed by atoms with Gasteiger partial charge in [-0.05, 0) is 17.6 Å². The molecule has 5 heteroatoms. The fourth-order valence-electron chi connectivity index (χ4n) is 2.85. The predicted molar refractivity (Wildman–Crippen MR) is 77.8 cm³/mol. The van der Waals surface area contributed by atoms with E-state index in [0.717, 1.165) is 11.1 Å². The van der Waals surface area contributed by atoms with Crippen molar-refractivity contribution >= 4 is 5.78 Å². The van der Waals surface area contributed by atoms with Gasteiger partial charge in [0.25, 0.3) is 0 Å². The first-order chi connectivity index (χ1) is 9.89. The Labute approximate surface area is 125 Å². The summed E-state index contributed by atoms with van der Waals surface area (Å²) in [5.74, 6) is -0.184. The SMILES string of the molecule is COC1C=C2COC1C(CO)=CCC(C)(C)C(=O)C(O)C2. The maximum absolute atomic E-state index is 12.4. The average molecular weight is 296 g/mol. The first-order valence-electron chi connectivity index (χ1n) is 7.25. The molecule has 0 aromatic carbocycles. The summed E-state index contributed by atoms with van der Waals surface area (Å²) in [6.45, 7) is 3.83. The third-order valence-electron chi connectivity index (χ3n) is 4.27. The van der Waals surface area contributed by atoms with Crippen molar-refractivity contribution in [2.24, 2.45) is 5.41 Å². The van der Waals surface area contributed by atoms with Crippen molar-refractivity contribution in [3.63, 3.8) is 0 Å². The van der Waals surface area contributed by atoms with Crippen molar-refractivity contribution in [3.8, 4) is 0 Å². The van der Waals surface area contributed by atoms with Gasteiger partial charge in [0.1, 0.15) is 18.3 Å². The summed E-state index contributed by atoms with van der Waals surface area (Å²) in [5.41, 5.74) is 0.899. The lowest BCUT2D eigenvalue weighted by molar-refractivity contribution is -0.135. The summed E-state index contributed by atoms with van der Waals surface area (Å²) in [6.07, 6.45) is 2.76. The van der Waals surface area contributed by atoms with Gasteiger partial charge in [0, 0.05) is 18.9 Å². The molecular formula is C16H24O5. The molecule has 3 unspecified atom stereocenters.